The smallest absolute Gasteiger partial charge is 0.326 e. The molecule has 0 fully saturated rings. The molecule has 1 aromatic rings. The fourth-order valence-corrected chi connectivity index (χ4v) is 2.44. The molecular formula is C14H19N3O3. The Kier molecular flexibility index (Phi) is 4.22. The third kappa shape index (κ3) is 2.89. The first-order valence-corrected chi connectivity index (χ1v) is 6.84. The van der Waals surface area contributed by atoms with E-state index >= 15 is 0 Å². The van der Waals surface area contributed by atoms with E-state index in [0.29, 0.717) is 6.42 Å². The summed E-state index contributed by atoms with van der Waals surface area (Å²) in [4.78, 5) is 27.1. The van der Waals surface area contributed by atoms with Crippen molar-refractivity contribution in [1.82, 2.24) is 4.98 Å². The number of fused-ring (bicyclic) bond motifs is 1. The number of hydrogen-bond donors (Lipinski definition) is 3. The molecule has 0 saturated carbocycles. The van der Waals surface area contributed by atoms with Crippen LogP contribution in [0.2, 0.25) is 0 Å². The summed E-state index contributed by atoms with van der Waals surface area (Å²) in [6.07, 6.45) is 4.27. The van der Waals surface area contributed by atoms with Gasteiger partial charge in [-0.2, -0.15) is 0 Å². The lowest BCUT2D eigenvalue weighted by atomic mass is 9.94. The minimum atomic E-state index is -0.970. The molecule has 2 rings (SSSR count). The van der Waals surface area contributed by atoms with Crippen molar-refractivity contribution in [2.24, 2.45) is 5.73 Å². The average molecular weight is 277 g/mol. The number of carboxylic acids is 1. The topological polar surface area (TPSA) is 105 Å². The van der Waals surface area contributed by atoms with Crippen LogP contribution in [0.25, 0.3) is 0 Å². The standard InChI is InChI=1S/C14H19N3O3/c1-2-10(14(19)20)16-13-9(12(15)18)7-8-5-3-4-6-11(8)17-13/h7,10H,2-6H2,1H3,(H2,15,18)(H,16,17)(H,19,20). The number of aromatic nitrogens is 1. The van der Waals surface area contributed by atoms with Crippen LogP contribution in [-0.2, 0) is 17.6 Å². The van der Waals surface area contributed by atoms with Crippen molar-refractivity contribution >= 4 is 17.7 Å². The van der Waals surface area contributed by atoms with E-state index in [9.17, 15) is 9.59 Å². The Hall–Kier alpha value is -2.11. The van der Waals surface area contributed by atoms with Gasteiger partial charge in [0, 0.05) is 5.69 Å². The van der Waals surface area contributed by atoms with Crippen molar-refractivity contribution in [2.45, 2.75) is 45.1 Å². The van der Waals surface area contributed by atoms with Gasteiger partial charge < -0.3 is 16.2 Å². The van der Waals surface area contributed by atoms with Crippen molar-refractivity contribution in [3.8, 4) is 0 Å². The number of primary amides is 1. The second-order valence-corrected chi connectivity index (χ2v) is 5.01. The molecule has 0 aliphatic heterocycles. The normalized spacial score (nSPS) is 15.2. The van der Waals surface area contributed by atoms with Gasteiger partial charge in [-0.3, -0.25) is 4.79 Å². The summed E-state index contributed by atoms with van der Waals surface area (Å²) >= 11 is 0. The van der Waals surface area contributed by atoms with Gasteiger partial charge in [0.15, 0.2) is 0 Å². The number of hydrogen-bond acceptors (Lipinski definition) is 4. The van der Waals surface area contributed by atoms with Crippen LogP contribution in [-0.4, -0.2) is 28.0 Å². The van der Waals surface area contributed by atoms with Crippen molar-refractivity contribution < 1.29 is 14.7 Å². The Labute approximate surface area is 117 Å². The molecule has 0 spiro atoms. The van der Waals surface area contributed by atoms with E-state index < -0.39 is 17.9 Å². The van der Waals surface area contributed by atoms with E-state index in [4.69, 9.17) is 10.8 Å². The van der Waals surface area contributed by atoms with Gasteiger partial charge >= 0.3 is 5.97 Å². The van der Waals surface area contributed by atoms with E-state index in [1.165, 1.54) is 0 Å². The number of anilines is 1. The Morgan fingerprint density at radius 1 is 1.45 bits per heavy atom. The molecule has 108 valence electrons. The van der Waals surface area contributed by atoms with Crippen LogP contribution in [0.15, 0.2) is 6.07 Å². The number of carbonyl (C=O) groups excluding carboxylic acids is 1. The fourth-order valence-electron chi connectivity index (χ4n) is 2.44. The predicted molar refractivity (Wildman–Crippen MR) is 74.7 cm³/mol. The Morgan fingerprint density at radius 3 is 2.75 bits per heavy atom. The molecule has 1 unspecified atom stereocenters. The van der Waals surface area contributed by atoms with Gasteiger partial charge in [0.2, 0.25) is 0 Å². The Bertz CT molecular complexity index is 543. The summed E-state index contributed by atoms with van der Waals surface area (Å²) in [6.45, 7) is 1.76. The highest BCUT2D eigenvalue weighted by molar-refractivity contribution is 5.98. The number of nitrogens with one attached hydrogen (secondary N) is 1. The molecule has 1 aliphatic rings. The van der Waals surface area contributed by atoms with Gasteiger partial charge in [-0.15, -0.1) is 0 Å². The summed E-state index contributed by atoms with van der Waals surface area (Å²) in [7, 11) is 0. The van der Waals surface area contributed by atoms with Crippen molar-refractivity contribution in [1.29, 1.82) is 0 Å². The summed E-state index contributed by atoms with van der Waals surface area (Å²) in [6, 6.07) is 0.975. The van der Waals surface area contributed by atoms with Crippen molar-refractivity contribution in [3.63, 3.8) is 0 Å². The maximum atomic E-state index is 11.5. The zero-order valence-corrected chi connectivity index (χ0v) is 11.5. The van der Waals surface area contributed by atoms with Crippen LogP contribution in [0.1, 0.15) is 47.8 Å². The van der Waals surface area contributed by atoms with Crippen LogP contribution < -0.4 is 11.1 Å². The first-order chi connectivity index (χ1) is 9.52. The highest BCUT2D eigenvalue weighted by atomic mass is 16.4. The molecule has 6 nitrogen and oxygen atoms in total. The maximum absolute atomic E-state index is 11.5. The maximum Gasteiger partial charge on any atom is 0.326 e. The summed E-state index contributed by atoms with van der Waals surface area (Å²) in [5, 5.41) is 11.9. The number of nitrogens with zero attached hydrogens (tertiary/aromatic N) is 1. The first kappa shape index (κ1) is 14.3. The predicted octanol–water partition coefficient (Wildman–Crippen LogP) is 1.33. The molecule has 1 aliphatic carbocycles. The monoisotopic (exact) mass is 277 g/mol. The molecule has 20 heavy (non-hydrogen) atoms. The number of aliphatic carboxylic acids is 1. The highest BCUT2D eigenvalue weighted by Crippen LogP contribution is 2.25. The molecule has 4 N–H and O–H groups in total. The number of aryl methyl sites for hydroxylation is 2. The van der Waals surface area contributed by atoms with Gasteiger partial charge in [-0.25, -0.2) is 9.78 Å². The quantitative estimate of drug-likeness (QED) is 0.753. The first-order valence-electron chi connectivity index (χ1n) is 6.84. The zero-order valence-electron chi connectivity index (χ0n) is 11.5. The summed E-state index contributed by atoms with van der Waals surface area (Å²) in [5.74, 6) is -1.27. The van der Waals surface area contributed by atoms with Gasteiger partial charge in [0.1, 0.15) is 11.9 Å². The zero-order chi connectivity index (χ0) is 14.7. The van der Waals surface area contributed by atoms with E-state index in [2.05, 4.69) is 10.3 Å². The van der Waals surface area contributed by atoms with Crippen molar-refractivity contribution in [3.05, 3.63) is 22.9 Å². The molecule has 0 bridgehead atoms. The molecule has 0 radical (unpaired) electrons. The van der Waals surface area contributed by atoms with Crippen molar-refractivity contribution in [2.75, 3.05) is 5.32 Å². The minimum absolute atomic E-state index is 0.269. The van der Waals surface area contributed by atoms with Gasteiger partial charge in [0.05, 0.1) is 5.56 Å². The molecule has 1 heterocycles. The molecule has 1 aromatic heterocycles. The second kappa shape index (κ2) is 5.90. The SMILES string of the molecule is CCC(Nc1nc2c(cc1C(N)=O)CCCC2)C(=O)O. The second-order valence-electron chi connectivity index (χ2n) is 5.01. The lowest BCUT2D eigenvalue weighted by molar-refractivity contribution is -0.137. The third-order valence-corrected chi connectivity index (χ3v) is 3.58. The van der Waals surface area contributed by atoms with Crippen LogP contribution in [0.3, 0.4) is 0 Å². The number of amides is 1. The molecule has 6 heteroatoms. The van der Waals surface area contributed by atoms with E-state index in [1.807, 2.05) is 0 Å². The highest BCUT2D eigenvalue weighted by Gasteiger charge is 2.22. The van der Waals surface area contributed by atoms with Crippen LogP contribution in [0.5, 0.6) is 0 Å². The Balaban J connectivity index is 2.39. The number of pyridine rings is 1. The summed E-state index contributed by atoms with van der Waals surface area (Å²) in [5.41, 5.74) is 7.62. The number of carbonyl (C=O) groups is 2. The summed E-state index contributed by atoms with van der Waals surface area (Å²) < 4.78 is 0. The average Bonchev–Trinajstić information content (AvgIpc) is 2.43. The molecule has 1 amide bonds. The Morgan fingerprint density at radius 2 is 2.15 bits per heavy atom. The number of rotatable bonds is 5. The molecule has 0 saturated heterocycles. The lowest BCUT2D eigenvalue weighted by Crippen LogP contribution is -2.30. The van der Waals surface area contributed by atoms with E-state index in [-0.39, 0.29) is 11.4 Å². The minimum Gasteiger partial charge on any atom is -0.480 e. The lowest BCUT2D eigenvalue weighted by Gasteiger charge is -2.20. The largest absolute Gasteiger partial charge is 0.480 e. The van der Waals surface area contributed by atoms with E-state index in [0.717, 1.165) is 36.9 Å². The van der Waals surface area contributed by atoms with Crippen LogP contribution in [0, 0.1) is 0 Å². The van der Waals surface area contributed by atoms with E-state index in [1.54, 1.807) is 13.0 Å². The third-order valence-electron chi connectivity index (χ3n) is 3.58. The molecule has 1 atom stereocenters. The molecule has 0 aromatic carbocycles. The van der Waals surface area contributed by atoms with Crippen LogP contribution in [0.4, 0.5) is 5.82 Å². The van der Waals surface area contributed by atoms with Gasteiger partial charge in [-0.1, -0.05) is 6.92 Å². The van der Waals surface area contributed by atoms with Gasteiger partial charge in [0.25, 0.3) is 5.91 Å². The fraction of sp³-hybridized carbons (Fsp3) is 0.500. The van der Waals surface area contributed by atoms with Gasteiger partial charge in [-0.05, 0) is 43.7 Å². The number of nitrogens with two attached hydrogens (primary N) is 1. The number of carboxylic acid groups (broad SMARTS) is 1. The van der Waals surface area contributed by atoms with Crippen LogP contribution >= 0.6 is 0 Å². The molecular weight excluding hydrogens is 258 g/mol.